The number of nitriles is 1. The highest BCUT2D eigenvalue weighted by atomic mass is 19.4. The summed E-state index contributed by atoms with van der Waals surface area (Å²) in [5, 5.41) is 15.2. The lowest BCUT2D eigenvalue weighted by molar-refractivity contribution is -0.141. The highest BCUT2D eigenvalue weighted by Crippen LogP contribution is 2.39. The van der Waals surface area contributed by atoms with Gasteiger partial charge in [-0.25, -0.2) is 15.0 Å². The summed E-state index contributed by atoms with van der Waals surface area (Å²) in [4.78, 5) is 20.1. The fraction of sp³-hybridized carbons (Fsp3) is 0.516. The largest absolute Gasteiger partial charge is 0.474 e. The summed E-state index contributed by atoms with van der Waals surface area (Å²) in [5.74, 6) is 0.0311. The second kappa shape index (κ2) is 12.0. The Bertz CT molecular complexity index is 1680. The number of hydrogen-bond donors (Lipinski definition) is 1. The molecule has 0 radical (unpaired) electrons. The Labute approximate surface area is 258 Å². The minimum absolute atomic E-state index is 0.0311. The van der Waals surface area contributed by atoms with Crippen LogP contribution in [-0.4, -0.2) is 91.1 Å². The summed E-state index contributed by atoms with van der Waals surface area (Å²) < 4.78 is 54.4. The number of morpholine rings is 1. The minimum Gasteiger partial charge on any atom is -0.474 e. The first-order valence-corrected chi connectivity index (χ1v) is 15.3. The van der Waals surface area contributed by atoms with Crippen LogP contribution in [0.25, 0.3) is 22.3 Å². The van der Waals surface area contributed by atoms with E-state index in [4.69, 9.17) is 9.47 Å². The fourth-order valence-electron chi connectivity index (χ4n) is 6.83. The maximum absolute atomic E-state index is 13.7. The van der Waals surface area contributed by atoms with Crippen LogP contribution in [0.2, 0.25) is 0 Å². The molecule has 6 heterocycles. The number of halogens is 3. The molecule has 4 aromatic heterocycles. The molecule has 4 aromatic rings. The number of nitrogens with one attached hydrogen (secondary N) is 1. The molecule has 45 heavy (non-hydrogen) atoms. The third-order valence-electron chi connectivity index (χ3n) is 9.21. The second-order valence-electron chi connectivity index (χ2n) is 12.2. The van der Waals surface area contributed by atoms with Crippen LogP contribution in [0.4, 0.5) is 13.2 Å². The minimum atomic E-state index is -4.55. The average molecular weight is 622 g/mol. The maximum atomic E-state index is 13.7. The number of likely N-dealkylation sites (tertiary alicyclic amines) is 1. The highest BCUT2D eigenvalue weighted by Gasteiger charge is 2.48. The van der Waals surface area contributed by atoms with Gasteiger partial charge in [0.2, 0.25) is 5.88 Å². The zero-order valence-corrected chi connectivity index (χ0v) is 24.7. The van der Waals surface area contributed by atoms with E-state index in [1.54, 1.807) is 12.3 Å². The van der Waals surface area contributed by atoms with Crippen molar-refractivity contribution in [1.82, 2.24) is 39.5 Å². The number of aromatic nitrogens is 6. The van der Waals surface area contributed by atoms with Crippen LogP contribution in [0.5, 0.6) is 5.88 Å². The summed E-state index contributed by atoms with van der Waals surface area (Å²) in [6.07, 6.45) is 5.81. The number of ether oxygens (including phenoxy) is 2. The third kappa shape index (κ3) is 6.12. The molecule has 0 amide bonds. The Balaban J connectivity index is 0.981. The molecule has 1 aliphatic carbocycles. The Hall–Kier alpha value is -4.06. The highest BCUT2D eigenvalue weighted by molar-refractivity contribution is 5.90. The Kier molecular flexibility index (Phi) is 7.93. The molecule has 236 valence electrons. The van der Waals surface area contributed by atoms with Gasteiger partial charge in [-0.05, 0) is 43.4 Å². The van der Waals surface area contributed by atoms with Crippen molar-refractivity contribution < 1.29 is 22.6 Å². The van der Waals surface area contributed by atoms with E-state index in [-0.39, 0.29) is 12.0 Å². The third-order valence-corrected chi connectivity index (χ3v) is 9.21. The predicted molar refractivity (Wildman–Crippen MR) is 157 cm³/mol. The van der Waals surface area contributed by atoms with Crippen LogP contribution in [0.1, 0.15) is 43.4 Å². The van der Waals surface area contributed by atoms with E-state index in [1.165, 1.54) is 6.33 Å². The molecule has 0 unspecified atom stereocenters. The SMILES string of the molecule is N#CCC1(n2cc(-c3ncnc4[nH]ccc34)cn2)CN(C2CCC(Oc3cc(CN4CCOCC4)cc(C(F)(F)F)n3)CC2)C1. The van der Waals surface area contributed by atoms with Gasteiger partial charge in [0.05, 0.1) is 37.6 Å². The number of hydrogen-bond acceptors (Lipinski definition) is 9. The lowest BCUT2D eigenvalue weighted by atomic mass is 9.82. The molecular formula is C31H34F3N9O2. The number of aromatic amines is 1. The van der Waals surface area contributed by atoms with Gasteiger partial charge in [-0.3, -0.25) is 14.5 Å². The van der Waals surface area contributed by atoms with E-state index in [1.807, 2.05) is 23.1 Å². The van der Waals surface area contributed by atoms with Gasteiger partial charge in [0.25, 0.3) is 0 Å². The number of H-pyrrole nitrogens is 1. The maximum Gasteiger partial charge on any atom is 0.433 e. The van der Waals surface area contributed by atoms with Crippen molar-refractivity contribution >= 4 is 11.0 Å². The predicted octanol–water partition coefficient (Wildman–Crippen LogP) is 4.38. The van der Waals surface area contributed by atoms with Gasteiger partial charge in [0.1, 0.15) is 29.3 Å². The van der Waals surface area contributed by atoms with E-state index in [2.05, 4.69) is 40.9 Å². The molecule has 7 rings (SSSR count). The number of nitrogens with zero attached hydrogens (tertiary/aromatic N) is 8. The normalized spacial score (nSPS) is 22.6. The Morgan fingerprint density at radius 3 is 2.67 bits per heavy atom. The fourth-order valence-corrected chi connectivity index (χ4v) is 6.83. The molecular weight excluding hydrogens is 587 g/mol. The quantitative estimate of drug-likeness (QED) is 0.306. The van der Waals surface area contributed by atoms with E-state index < -0.39 is 17.4 Å². The van der Waals surface area contributed by atoms with E-state index in [9.17, 15) is 18.4 Å². The van der Waals surface area contributed by atoms with Crippen molar-refractivity contribution in [3.8, 4) is 23.2 Å². The Morgan fingerprint density at radius 2 is 1.91 bits per heavy atom. The molecule has 0 aromatic carbocycles. The topological polar surface area (TPSA) is 121 Å². The van der Waals surface area contributed by atoms with Gasteiger partial charge >= 0.3 is 6.18 Å². The summed E-state index contributed by atoms with van der Waals surface area (Å²) in [5.41, 5.74) is 1.60. The zero-order chi connectivity index (χ0) is 31.0. The van der Waals surface area contributed by atoms with E-state index in [0.717, 1.165) is 54.0 Å². The summed E-state index contributed by atoms with van der Waals surface area (Å²) in [6.45, 7) is 4.28. The first kappa shape index (κ1) is 29.6. The smallest absolute Gasteiger partial charge is 0.433 e. The molecule has 3 aliphatic rings. The first-order valence-electron chi connectivity index (χ1n) is 15.3. The average Bonchev–Trinajstić information content (AvgIpc) is 3.70. The lowest BCUT2D eigenvalue weighted by Crippen LogP contribution is -2.65. The number of pyridine rings is 1. The van der Waals surface area contributed by atoms with Crippen molar-refractivity contribution in [2.75, 3.05) is 39.4 Å². The van der Waals surface area contributed by atoms with Gasteiger partial charge in [-0.15, -0.1) is 0 Å². The first-order chi connectivity index (χ1) is 21.8. The Morgan fingerprint density at radius 1 is 1.11 bits per heavy atom. The van der Waals surface area contributed by atoms with Crippen molar-refractivity contribution in [2.24, 2.45) is 0 Å². The molecule has 2 saturated heterocycles. The molecule has 11 nitrogen and oxygen atoms in total. The van der Waals surface area contributed by atoms with Gasteiger partial charge < -0.3 is 14.5 Å². The zero-order valence-electron chi connectivity index (χ0n) is 24.7. The van der Waals surface area contributed by atoms with Crippen molar-refractivity contribution in [2.45, 2.75) is 62.5 Å². The molecule has 3 fully saturated rings. The second-order valence-corrected chi connectivity index (χ2v) is 12.2. The van der Waals surface area contributed by atoms with Gasteiger partial charge in [0, 0.05) is 68.2 Å². The lowest BCUT2D eigenvalue weighted by Gasteiger charge is -2.53. The van der Waals surface area contributed by atoms with E-state index in [0.29, 0.717) is 64.0 Å². The molecule has 2 aliphatic heterocycles. The number of fused-ring (bicyclic) bond motifs is 1. The summed E-state index contributed by atoms with van der Waals surface area (Å²) in [7, 11) is 0. The van der Waals surface area contributed by atoms with Crippen LogP contribution in [0, 0.1) is 11.3 Å². The van der Waals surface area contributed by atoms with Crippen LogP contribution in [-0.2, 0) is 23.0 Å². The monoisotopic (exact) mass is 621 g/mol. The van der Waals surface area contributed by atoms with Gasteiger partial charge in [-0.2, -0.15) is 23.5 Å². The van der Waals surface area contributed by atoms with Gasteiger partial charge in [0.15, 0.2) is 0 Å². The number of rotatable bonds is 8. The van der Waals surface area contributed by atoms with Crippen LogP contribution >= 0.6 is 0 Å². The van der Waals surface area contributed by atoms with Crippen LogP contribution in [0.15, 0.2) is 43.1 Å². The molecule has 1 saturated carbocycles. The summed E-state index contributed by atoms with van der Waals surface area (Å²) >= 11 is 0. The van der Waals surface area contributed by atoms with E-state index >= 15 is 0 Å². The molecule has 0 spiro atoms. The molecule has 14 heteroatoms. The van der Waals surface area contributed by atoms with Crippen molar-refractivity contribution in [3.63, 3.8) is 0 Å². The van der Waals surface area contributed by atoms with Gasteiger partial charge in [-0.1, -0.05) is 0 Å². The standard InChI is InChI=1S/C31H34F3N9O2/c32-31(33,34)26-13-21(16-41-9-11-44-12-10-41)14-27(40-26)45-24-3-1-23(2-4-24)42-18-30(19-42,6-7-35)43-17-22(15-39-43)28-25-5-8-36-29(25)38-20-37-28/h5,8,13-15,17,20,23-24H,1-4,6,9-12,16,18-19H2,(H,36,37,38). The van der Waals surface area contributed by atoms with Crippen LogP contribution < -0.4 is 4.74 Å². The molecule has 0 atom stereocenters. The molecule has 0 bridgehead atoms. The van der Waals surface area contributed by atoms with Crippen LogP contribution in [0.3, 0.4) is 0 Å². The van der Waals surface area contributed by atoms with Crippen molar-refractivity contribution in [1.29, 1.82) is 5.26 Å². The number of alkyl halides is 3. The van der Waals surface area contributed by atoms with Crippen molar-refractivity contribution in [3.05, 3.63) is 54.4 Å². The summed E-state index contributed by atoms with van der Waals surface area (Å²) in [6, 6.07) is 7.35. The molecule has 1 N–H and O–H groups in total.